The smallest absolute Gasteiger partial charge is 0.254 e. The highest BCUT2D eigenvalue weighted by Crippen LogP contribution is 2.16. The number of likely N-dealkylation sites (tertiary alicyclic amines) is 1. The van der Waals surface area contributed by atoms with Gasteiger partial charge in [-0.25, -0.2) is 0 Å². The van der Waals surface area contributed by atoms with Crippen molar-refractivity contribution in [2.45, 2.75) is 45.7 Å². The molecule has 1 aliphatic rings. The Kier molecular flexibility index (Phi) is 5.76. The van der Waals surface area contributed by atoms with Crippen LogP contribution in [0, 0.1) is 6.92 Å². The second-order valence-electron chi connectivity index (χ2n) is 5.64. The molecule has 6 heteroatoms. The first-order valence-corrected chi connectivity index (χ1v) is 7.92. The van der Waals surface area contributed by atoms with Crippen molar-refractivity contribution < 1.29 is 4.79 Å². The fourth-order valence-corrected chi connectivity index (χ4v) is 2.98. The van der Waals surface area contributed by atoms with Crippen molar-refractivity contribution in [1.29, 1.82) is 0 Å². The maximum absolute atomic E-state index is 12.3. The largest absolute Gasteiger partial charge is 0.350 e. The number of hydrogen-bond donors (Lipinski definition) is 2. The summed E-state index contributed by atoms with van der Waals surface area (Å²) in [6.07, 6.45) is 4.93. The molecular weight excluding hydrogens is 266 g/mol. The van der Waals surface area contributed by atoms with E-state index in [9.17, 15) is 4.79 Å². The number of aryl methyl sites for hydroxylation is 1. The lowest BCUT2D eigenvalue weighted by Crippen LogP contribution is -2.40. The Morgan fingerprint density at radius 2 is 2.38 bits per heavy atom. The van der Waals surface area contributed by atoms with Crippen molar-refractivity contribution >= 4 is 5.91 Å². The lowest BCUT2D eigenvalue weighted by molar-refractivity contribution is 0.0940. The number of carbonyl (C=O) groups is 1. The van der Waals surface area contributed by atoms with Crippen LogP contribution < -0.4 is 11.1 Å². The quantitative estimate of drug-likeness (QED) is 0.778. The fourth-order valence-electron chi connectivity index (χ4n) is 2.98. The SMILES string of the molecule is CCN1CCCC1CNC(=O)c1cnn(CCCN)c1C. The highest BCUT2D eigenvalue weighted by Gasteiger charge is 2.24. The van der Waals surface area contributed by atoms with Crippen LogP contribution in [-0.2, 0) is 6.54 Å². The van der Waals surface area contributed by atoms with E-state index < -0.39 is 0 Å². The number of likely N-dealkylation sites (N-methyl/N-ethyl adjacent to an activating group) is 1. The molecule has 1 fully saturated rings. The summed E-state index contributed by atoms with van der Waals surface area (Å²) in [5.41, 5.74) is 7.10. The van der Waals surface area contributed by atoms with Crippen LogP contribution in [0.15, 0.2) is 6.20 Å². The van der Waals surface area contributed by atoms with Crippen LogP contribution in [0.5, 0.6) is 0 Å². The van der Waals surface area contributed by atoms with E-state index in [1.54, 1.807) is 6.20 Å². The van der Waals surface area contributed by atoms with Gasteiger partial charge in [0.05, 0.1) is 11.8 Å². The first-order chi connectivity index (χ1) is 10.2. The Morgan fingerprint density at radius 1 is 1.57 bits per heavy atom. The van der Waals surface area contributed by atoms with E-state index in [0.717, 1.165) is 38.3 Å². The van der Waals surface area contributed by atoms with Crippen molar-refractivity contribution in [3.05, 3.63) is 17.5 Å². The van der Waals surface area contributed by atoms with Crippen molar-refractivity contribution in [3.8, 4) is 0 Å². The molecule has 1 aromatic rings. The minimum absolute atomic E-state index is 0.0190. The molecule has 21 heavy (non-hydrogen) atoms. The molecule has 0 spiro atoms. The van der Waals surface area contributed by atoms with Gasteiger partial charge in [0.2, 0.25) is 0 Å². The van der Waals surface area contributed by atoms with E-state index in [2.05, 4.69) is 22.2 Å². The van der Waals surface area contributed by atoms with E-state index in [1.165, 1.54) is 12.8 Å². The van der Waals surface area contributed by atoms with Gasteiger partial charge < -0.3 is 11.1 Å². The summed E-state index contributed by atoms with van der Waals surface area (Å²) in [5, 5.41) is 7.33. The van der Waals surface area contributed by atoms with Gasteiger partial charge in [-0.15, -0.1) is 0 Å². The first-order valence-electron chi connectivity index (χ1n) is 7.92. The highest BCUT2D eigenvalue weighted by atomic mass is 16.1. The summed E-state index contributed by atoms with van der Waals surface area (Å²) >= 11 is 0. The summed E-state index contributed by atoms with van der Waals surface area (Å²) < 4.78 is 1.86. The Bertz CT molecular complexity index is 471. The maximum Gasteiger partial charge on any atom is 0.254 e. The number of nitrogens with one attached hydrogen (secondary N) is 1. The zero-order chi connectivity index (χ0) is 15.2. The molecule has 1 unspecified atom stereocenters. The molecule has 0 saturated carbocycles. The van der Waals surface area contributed by atoms with E-state index in [0.29, 0.717) is 18.2 Å². The average Bonchev–Trinajstić information content (AvgIpc) is 3.09. The number of rotatable bonds is 7. The third kappa shape index (κ3) is 3.83. The molecule has 118 valence electrons. The van der Waals surface area contributed by atoms with Crippen LogP contribution in [0.25, 0.3) is 0 Å². The summed E-state index contributed by atoms with van der Waals surface area (Å²) in [6, 6.07) is 0.478. The zero-order valence-electron chi connectivity index (χ0n) is 13.1. The second kappa shape index (κ2) is 7.56. The van der Waals surface area contributed by atoms with Crippen molar-refractivity contribution in [2.75, 3.05) is 26.2 Å². The molecule has 3 N–H and O–H groups in total. The zero-order valence-corrected chi connectivity index (χ0v) is 13.1. The third-order valence-electron chi connectivity index (χ3n) is 4.33. The Balaban J connectivity index is 1.90. The first kappa shape index (κ1) is 16.0. The predicted molar refractivity (Wildman–Crippen MR) is 83.2 cm³/mol. The molecule has 1 aromatic heterocycles. The number of carbonyl (C=O) groups excluding carboxylic acids is 1. The number of amides is 1. The summed E-state index contributed by atoms with van der Waals surface area (Å²) in [5.74, 6) is -0.0190. The van der Waals surface area contributed by atoms with Crippen LogP contribution in [0.3, 0.4) is 0 Å². The number of nitrogens with zero attached hydrogens (tertiary/aromatic N) is 3. The Morgan fingerprint density at radius 3 is 3.10 bits per heavy atom. The van der Waals surface area contributed by atoms with E-state index in [1.807, 2.05) is 11.6 Å². The van der Waals surface area contributed by atoms with Gasteiger partial charge in [0.25, 0.3) is 5.91 Å². The second-order valence-corrected chi connectivity index (χ2v) is 5.64. The minimum Gasteiger partial charge on any atom is -0.350 e. The monoisotopic (exact) mass is 293 g/mol. The molecule has 6 nitrogen and oxygen atoms in total. The number of aromatic nitrogens is 2. The van der Waals surface area contributed by atoms with Crippen molar-refractivity contribution in [1.82, 2.24) is 20.0 Å². The van der Waals surface area contributed by atoms with Gasteiger partial charge in [-0.1, -0.05) is 6.92 Å². The number of nitrogens with two attached hydrogens (primary N) is 1. The Labute approximate surface area is 126 Å². The Hall–Kier alpha value is -1.40. The van der Waals surface area contributed by atoms with E-state index >= 15 is 0 Å². The molecule has 1 aliphatic heterocycles. The summed E-state index contributed by atoms with van der Waals surface area (Å²) in [7, 11) is 0. The molecule has 1 atom stereocenters. The van der Waals surface area contributed by atoms with Gasteiger partial charge in [0.1, 0.15) is 0 Å². The van der Waals surface area contributed by atoms with Gasteiger partial charge in [-0.05, 0) is 45.8 Å². The van der Waals surface area contributed by atoms with Gasteiger partial charge in [-0.2, -0.15) is 5.10 Å². The normalized spacial score (nSPS) is 19.1. The van der Waals surface area contributed by atoms with Crippen LogP contribution in [-0.4, -0.2) is 52.8 Å². The predicted octanol–water partition coefficient (Wildman–Crippen LogP) is 0.754. The molecule has 0 aromatic carbocycles. The van der Waals surface area contributed by atoms with E-state index in [-0.39, 0.29) is 5.91 Å². The van der Waals surface area contributed by atoms with Crippen LogP contribution in [0.1, 0.15) is 42.2 Å². The van der Waals surface area contributed by atoms with Crippen LogP contribution in [0.2, 0.25) is 0 Å². The van der Waals surface area contributed by atoms with Crippen molar-refractivity contribution in [2.24, 2.45) is 5.73 Å². The molecule has 2 heterocycles. The van der Waals surface area contributed by atoms with Gasteiger partial charge in [0, 0.05) is 24.8 Å². The van der Waals surface area contributed by atoms with Gasteiger partial charge >= 0.3 is 0 Å². The molecule has 0 bridgehead atoms. The molecular formula is C15H27N5O. The van der Waals surface area contributed by atoms with Crippen molar-refractivity contribution in [3.63, 3.8) is 0 Å². The molecule has 2 rings (SSSR count). The van der Waals surface area contributed by atoms with Gasteiger partial charge in [0.15, 0.2) is 0 Å². The lowest BCUT2D eigenvalue weighted by Gasteiger charge is -2.22. The number of hydrogen-bond acceptors (Lipinski definition) is 4. The van der Waals surface area contributed by atoms with Gasteiger partial charge in [-0.3, -0.25) is 14.4 Å². The summed E-state index contributed by atoms with van der Waals surface area (Å²) in [6.45, 7) is 8.43. The van der Waals surface area contributed by atoms with Crippen LogP contribution >= 0.6 is 0 Å². The van der Waals surface area contributed by atoms with Crippen LogP contribution in [0.4, 0.5) is 0 Å². The lowest BCUT2D eigenvalue weighted by atomic mass is 10.2. The standard InChI is InChI=1S/C15H27N5O/c1-3-19-8-4-6-13(19)10-17-15(21)14-11-18-20(12(14)2)9-5-7-16/h11,13H,3-10,16H2,1-2H3,(H,17,21). The summed E-state index contributed by atoms with van der Waals surface area (Å²) in [4.78, 5) is 14.7. The fraction of sp³-hybridized carbons (Fsp3) is 0.733. The molecule has 0 radical (unpaired) electrons. The maximum atomic E-state index is 12.3. The highest BCUT2D eigenvalue weighted by molar-refractivity contribution is 5.95. The molecule has 1 saturated heterocycles. The molecule has 1 amide bonds. The molecule has 0 aliphatic carbocycles. The van der Waals surface area contributed by atoms with E-state index in [4.69, 9.17) is 5.73 Å². The topological polar surface area (TPSA) is 76.2 Å². The third-order valence-corrected chi connectivity index (χ3v) is 4.33. The minimum atomic E-state index is -0.0190. The average molecular weight is 293 g/mol.